The second kappa shape index (κ2) is 7.44. The highest BCUT2D eigenvalue weighted by Crippen LogP contribution is 2.57. The number of rotatable bonds is 4. The van der Waals surface area contributed by atoms with Crippen LogP contribution < -0.4 is 5.73 Å². The summed E-state index contributed by atoms with van der Waals surface area (Å²) in [5.74, 6) is 0.649. The van der Waals surface area contributed by atoms with Gasteiger partial charge >= 0.3 is 0 Å². The van der Waals surface area contributed by atoms with E-state index in [1.54, 1.807) is 4.40 Å². The van der Waals surface area contributed by atoms with E-state index in [1.165, 1.54) is 0 Å². The normalized spacial score (nSPS) is 23.5. The maximum atomic E-state index is 10.8. The molecule has 0 amide bonds. The van der Waals surface area contributed by atoms with Gasteiger partial charge in [0.05, 0.1) is 22.3 Å². The molecule has 7 heteroatoms. The van der Waals surface area contributed by atoms with Gasteiger partial charge in [0.25, 0.3) is 0 Å². The van der Waals surface area contributed by atoms with E-state index in [4.69, 9.17) is 10.7 Å². The lowest BCUT2D eigenvalue weighted by Gasteiger charge is -2.52. The van der Waals surface area contributed by atoms with E-state index in [0.717, 1.165) is 51.8 Å². The molecule has 0 unspecified atom stereocenters. The summed E-state index contributed by atoms with van der Waals surface area (Å²) in [6.07, 6.45) is 3.45. The molecule has 2 aliphatic carbocycles. The Hall–Kier alpha value is -4.12. The number of pyridine rings is 2. The number of nitriles is 1. The van der Waals surface area contributed by atoms with Crippen molar-refractivity contribution in [1.29, 1.82) is 5.26 Å². The Balaban J connectivity index is 1.35. The first-order valence-electron chi connectivity index (χ1n) is 12.2. The molecule has 0 atom stereocenters. The van der Waals surface area contributed by atoms with Crippen LogP contribution in [0.1, 0.15) is 37.1 Å². The third kappa shape index (κ3) is 3.15. The van der Waals surface area contributed by atoms with Crippen LogP contribution in [0.3, 0.4) is 0 Å². The molecule has 2 saturated carbocycles. The molecule has 7 nitrogen and oxygen atoms in total. The Kier molecular flexibility index (Phi) is 4.38. The SMILES string of the molecule is N#Cc1nnc2ccc3nc(-c4ccc(C5(N)CC(O)(C6CC6)C5)cc4)c(-c4ccccc4)cc3n12. The molecule has 0 bridgehead atoms. The minimum Gasteiger partial charge on any atom is -0.389 e. The molecule has 0 saturated heterocycles. The highest BCUT2D eigenvalue weighted by molar-refractivity contribution is 5.91. The number of nitrogens with zero attached hydrogens (tertiary/aromatic N) is 5. The minimum atomic E-state index is -0.594. The van der Waals surface area contributed by atoms with Gasteiger partial charge in [-0.05, 0) is 60.9 Å². The first-order chi connectivity index (χ1) is 17.5. The standard InChI is InChI=1S/C29H24N6O/c30-15-26-34-33-25-13-12-23-24(35(25)26)14-22(18-4-2-1-3-5-18)27(32-23)19-6-8-20(9-7-19)28(31)16-29(36,17-28)21-10-11-21/h1-9,12-14,21,36H,10-11,16-17,31H2. The summed E-state index contributed by atoms with van der Waals surface area (Å²) >= 11 is 0. The highest BCUT2D eigenvalue weighted by atomic mass is 16.3. The van der Waals surface area contributed by atoms with Crippen LogP contribution in [-0.2, 0) is 5.54 Å². The van der Waals surface area contributed by atoms with Crippen LogP contribution in [0.25, 0.3) is 39.1 Å². The van der Waals surface area contributed by atoms with E-state index in [2.05, 4.69) is 58.7 Å². The predicted octanol–water partition coefficient (Wildman–Crippen LogP) is 4.57. The van der Waals surface area contributed by atoms with Gasteiger partial charge in [0, 0.05) is 16.7 Å². The van der Waals surface area contributed by atoms with Gasteiger partial charge < -0.3 is 10.8 Å². The van der Waals surface area contributed by atoms with Gasteiger partial charge in [-0.1, -0.05) is 54.6 Å². The fourth-order valence-corrected chi connectivity index (χ4v) is 5.86. The molecule has 2 aliphatic rings. The summed E-state index contributed by atoms with van der Waals surface area (Å²) in [5.41, 5.74) is 12.6. The lowest BCUT2D eigenvalue weighted by molar-refractivity contribution is -0.106. The zero-order valence-corrected chi connectivity index (χ0v) is 19.6. The number of nitrogens with two attached hydrogens (primary N) is 1. The van der Waals surface area contributed by atoms with Gasteiger partial charge in [-0.2, -0.15) is 5.26 Å². The first kappa shape index (κ1) is 21.2. The van der Waals surface area contributed by atoms with Crippen molar-refractivity contribution in [2.75, 3.05) is 0 Å². The van der Waals surface area contributed by atoms with Crippen molar-refractivity contribution in [1.82, 2.24) is 19.6 Å². The molecule has 7 rings (SSSR count). The Labute approximate surface area is 207 Å². The van der Waals surface area contributed by atoms with Crippen molar-refractivity contribution in [2.24, 2.45) is 11.7 Å². The number of hydrogen-bond acceptors (Lipinski definition) is 6. The third-order valence-electron chi connectivity index (χ3n) is 7.85. The van der Waals surface area contributed by atoms with Gasteiger partial charge in [-0.25, -0.2) is 4.98 Å². The Bertz CT molecular complexity index is 1670. The van der Waals surface area contributed by atoms with Gasteiger partial charge in [-0.15, -0.1) is 10.2 Å². The smallest absolute Gasteiger partial charge is 0.239 e. The van der Waals surface area contributed by atoms with E-state index in [-0.39, 0.29) is 5.82 Å². The van der Waals surface area contributed by atoms with Gasteiger partial charge in [-0.3, -0.25) is 4.40 Å². The molecule has 36 heavy (non-hydrogen) atoms. The Morgan fingerprint density at radius 1 is 0.944 bits per heavy atom. The molecule has 0 spiro atoms. The molecule has 2 aromatic carbocycles. The van der Waals surface area contributed by atoms with Crippen LogP contribution >= 0.6 is 0 Å². The summed E-state index contributed by atoms with van der Waals surface area (Å²) in [6.45, 7) is 0. The molecule has 2 fully saturated rings. The van der Waals surface area contributed by atoms with Crippen LogP contribution in [0.15, 0.2) is 72.8 Å². The van der Waals surface area contributed by atoms with E-state index in [9.17, 15) is 10.4 Å². The van der Waals surface area contributed by atoms with E-state index < -0.39 is 11.1 Å². The Morgan fingerprint density at radius 3 is 2.39 bits per heavy atom. The third-order valence-corrected chi connectivity index (χ3v) is 7.85. The summed E-state index contributed by atoms with van der Waals surface area (Å²) < 4.78 is 1.75. The number of hydrogen-bond donors (Lipinski definition) is 2. The molecule has 3 heterocycles. The lowest BCUT2D eigenvalue weighted by atomic mass is 9.60. The van der Waals surface area contributed by atoms with Crippen molar-refractivity contribution < 1.29 is 5.11 Å². The summed E-state index contributed by atoms with van der Waals surface area (Å²) in [4.78, 5) is 5.05. The second-order valence-corrected chi connectivity index (χ2v) is 10.3. The zero-order chi connectivity index (χ0) is 24.5. The molecule has 3 aromatic heterocycles. The molecule has 5 aromatic rings. The van der Waals surface area contributed by atoms with Crippen molar-refractivity contribution in [3.05, 3.63) is 84.2 Å². The maximum Gasteiger partial charge on any atom is 0.239 e. The van der Waals surface area contributed by atoms with Gasteiger partial charge in [0.15, 0.2) is 5.65 Å². The number of fused-ring (bicyclic) bond motifs is 3. The average Bonchev–Trinajstić information content (AvgIpc) is 3.67. The van der Waals surface area contributed by atoms with E-state index >= 15 is 0 Å². The monoisotopic (exact) mass is 472 g/mol. The quantitative estimate of drug-likeness (QED) is 0.396. The molecule has 0 radical (unpaired) electrons. The number of aromatic nitrogens is 4. The largest absolute Gasteiger partial charge is 0.389 e. The van der Waals surface area contributed by atoms with E-state index in [0.29, 0.717) is 24.4 Å². The number of aliphatic hydroxyl groups is 1. The highest BCUT2D eigenvalue weighted by Gasteiger charge is 2.58. The summed E-state index contributed by atoms with van der Waals surface area (Å²) in [5, 5.41) is 28.5. The van der Waals surface area contributed by atoms with Crippen molar-refractivity contribution in [2.45, 2.75) is 36.8 Å². The first-order valence-corrected chi connectivity index (χ1v) is 12.2. The van der Waals surface area contributed by atoms with Crippen LogP contribution in [-0.4, -0.2) is 30.3 Å². The van der Waals surface area contributed by atoms with Crippen LogP contribution in [0, 0.1) is 17.2 Å². The van der Waals surface area contributed by atoms with Crippen molar-refractivity contribution >= 4 is 16.7 Å². The fourth-order valence-electron chi connectivity index (χ4n) is 5.86. The van der Waals surface area contributed by atoms with Crippen LogP contribution in [0.4, 0.5) is 0 Å². The van der Waals surface area contributed by atoms with Gasteiger partial charge in [0.1, 0.15) is 6.07 Å². The lowest BCUT2D eigenvalue weighted by Crippen LogP contribution is -2.60. The summed E-state index contributed by atoms with van der Waals surface area (Å²) in [6, 6.07) is 26.3. The second-order valence-electron chi connectivity index (χ2n) is 10.3. The Morgan fingerprint density at radius 2 is 1.69 bits per heavy atom. The topological polar surface area (TPSA) is 113 Å². The zero-order valence-electron chi connectivity index (χ0n) is 19.6. The minimum absolute atomic E-state index is 0.230. The average molecular weight is 473 g/mol. The molecule has 0 aliphatic heterocycles. The van der Waals surface area contributed by atoms with Crippen LogP contribution in [0.5, 0.6) is 0 Å². The van der Waals surface area contributed by atoms with Crippen LogP contribution in [0.2, 0.25) is 0 Å². The number of benzene rings is 2. The van der Waals surface area contributed by atoms with Gasteiger partial charge in [0.2, 0.25) is 5.82 Å². The van der Waals surface area contributed by atoms with Crippen molar-refractivity contribution in [3.63, 3.8) is 0 Å². The molecular formula is C29H24N6O. The van der Waals surface area contributed by atoms with E-state index in [1.807, 2.05) is 30.3 Å². The molecule has 176 valence electrons. The molecule has 3 N–H and O–H groups in total. The van der Waals surface area contributed by atoms with Crippen molar-refractivity contribution in [3.8, 4) is 28.5 Å². The fraction of sp³-hybridized carbons (Fsp3) is 0.241. The summed E-state index contributed by atoms with van der Waals surface area (Å²) in [7, 11) is 0. The maximum absolute atomic E-state index is 10.8. The predicted molar refractivity (Wildman–Crippen MR) is 137 cm³/mol. The molecular weight excluding hydrogens is 448 g/mol.